The van der Waals surface area contributed by atoms with E-state index in [1.54, 1.807) is 0 Å². The Bertz CT molecular complexity index is 2250. The lowest BCUT2D eigenvalue weighted by Gasteiger charge is -2.44. The standard InChI is InChI=1S/C48H46BrN/c1-45(2)40-17-13-12-16-37(40)38-27-26-36(28-41(38)45)50(34-22-18-32(19-23-34)31-14-10-9-11-15-31)35-24-20-33(21-25-35)39-29-42-43(30-44(39)49)47(5,6)48(7,8)46(42,3)4/h9-30H,1-8H3. The summed E-state index contributed by atoms with van der Waals surface area (Å²) >= 11 is 4.00. The highest BCUT2D eigenvalue weighted by Gasteiger charge is 2.57. The molecule has 0 aliphatic heterocycles. The normalized spacial score (nSPS) is 17.1. The highest BCUT2D eigenvalue weighted by molar-refractivity contribution is 9.10. The van der Waals surface area contributed by atoms with Crippen molar-refractivity contribution in [1.29, 1.82) is 0 Å². The van der Waals surface area contributed by atoms with Gasteiger partial charge < -0.3 is 4.90 Å². The molecule has 2 heteroatoms. The second kappa shape index (κ2) is 11.3. The van der Waals surface area contributed by atoms with E-state index in [-0.39, 0.29) is 21.7 Å². The van der Waals surface area contributed by atoms with E-state index in [4.69, 9.17) is 0 Å². The summed E-state index contributed by atoms with van der Waals surface area (Å²) < 4.78 is 1.15. The van der Waals surface area contributed by atoms with Crippen LogP contribution in [0.5, 0.6) is 0 Å². The first-order valence-electron chi connectivity index (χ1n) is 17.9. The summed E-state index contributed by atoms with van der Waals surface area (Å²) in [5.74, 6) is 0. The molecule has 0 radical (unpaired) electrons. The molecule has 2 aliphatic rings. The molecule has 0 saturated carbocycles. The van der Waals surface area contributed by atoms with Crippen molar-refractivity contribution in [2.24, 2.45) is 5.41 Å². The highest BCUT2D eigenvalue weighted by Crippen LogP contribution is 2.62. The number of fused-ring (bicyclic) bond motifs is 4. The van der Waals surface area contributed by atoms with Gasteiger partial charge in [-0.2, -0.15) is 0 Å². The maximum atomic E-state index is 4.00. The molecule has 0 amide bonds. The van der Waals surface area contributed by atoms with Crippen LogP contribution in [0.3, 0.4) is 0 Å². The summed E-state index contributed by atoms with van der Waals surface area (Å²) in [5.41, 5.74) is 16.8. The predicted molar refractivity (Wildman–Crippen MR) is 217 cm³/mol. The summed E-state index contributed by atoms with van der Waals surface area (Å²) in [6.07, 6.45) is 0. The molecule has 0 heterocycles. The highest BCUT2D eigenvalue weighted by atomic mass is 79.9. The van der Waals surface area contributed by atoms with Crippen molar-refractivity contribution in [2.75, 3.05) is 4.90 Å². The van der Waals surface area contributed by atoms with Crippen LogP contribution in [0.2, 0.25) is 0 Å². The van der Waals surface area contributed by atoms with Gasteiger partial charge in [-0.3, -0.25) is 0 Å². The second-order valence-corrected chi connectivity index (χ2v) is 17.3. The van der Waals surface area contributed by atoms with Gasteiger partial charge in [-0.05, 0) is 120 Å². The quantitative estimate of drug-likeness (QED) is 0.172. The topological polar surface area (TPSA) is 3.24 Å². The molecule has 50 heavy (non-hydrogen) atoms. The number of rotatable bonds is 5. The van der Waals surface area contributed by atoms with Gasteiger partial charge >= 0.3 is 0 Å². The van der Waals surface area contributed by atoms with E-state index >= 15 is 0 Å². The number of anilines is 3. The minimum absolute atomic E-state index is 0.0466. The Labute approximate surface area is 307 Å². The third-order valence-electron chi connectivity index (χ3n) is 13.1. The Kier molecular flexibility index (Phi) is 7.41. The zero-order chi connectivity index (χ0) is 35.2. The van der Waals surface area contributed by atoms with E-state index in [0.717, 1.165) is 21.5 Å². The number of nitrogens with zero attached hydrogens (tertiary/aromatic N) is 1. The molecular weight excluding hydrogens is 670 g/mol. The third kappa shape index (κ3) is 4.71. The van der Waals surface area contributed by atoms with Crippen molar-refractivity contribution in [2.45, 2.75) is 71.6 Å². The van der Waals surface area contributed by atoms with Gasteiger partial charge in [-0.25, -0.2) is 0 Å². The number of hydrogen-bond acceptors (Lipinski definition) is 1. The van der Waals surface area contributed by atoms with E-state index in [0.29, 0.717) is 0 Å². The maximum Gasteiger partial charge on any atom is 0.0465 e. The minimum Gasteiger partial charge on any atom is -0.310 e. The van der Waals surface area contributed by atoms with E-state index in [2.05, 4.69) is 210 Å². The third-order valence-corrected chi connectivity index (χ3v) is 13.7. The molecule has 0 spiro atoms. The molecular formula is C48H46BrN. The molecule has 0 saturated heterocycles. The van der Waals surface area contributed by atoms with Gasteiger partial charge in [0.2, 0.25) is 0 Å². The van der Waals surface area contributed by atoms with E-state index in [1.165, 1.54) is 55.6 Å². The lowest BCUT2D eigenvalue weighted by atomic mass is 9.59. The first kappa shape index (κ1) is 32.8. The Morgan fingerprint density at radius 3 is 1.54 bits per heavy atom. The van der Waals surface area contributed by atoms with Gasteiger partial charge in [0.25, 0.3) is 0 Å². The molecule has 0 N–H and O–H groups in total. The van der Waals surface area contributed by atoms with Crippen LogP contribution in [0.1, 0.15) is 77.6 Å². The maximum absolute atomic E-state index is 4.00. The summed E-state index contributed by atoms with van der Waals surface area (Å²) in [6.45, 7) is 19.2. The van der Waals surface area contributed by atoms with Crippen LogP contribution in [0.25, 0.3) is 33.4 Å². The van der Waals surface area contributed by atoms with Crippen LogP contribution in [-0.2, 0) is 16.2 Å². The van der Waals surface area contributed by atoms with Gasteiger partial charge in [0, 0.05) is 26.9 Å². The lowest BCUT2D eigenvalue weighted by Crippen LogP contribution is -2.42. The van der Waals surface area contributed by atoms with Gasteiger partial charge in [-0.15, -0.1) is 0 Å². The van der Waals surface area contributed by atoms with Crippen LogP contribution in [0, 0.1) is 5.41 Å². The summed E-state index contributed by atoms with van der Waals surface area (Å²) in [5, 5.41) is 0. The fourth-order valence-corrected chi connectivity index (χ4v) is 9.36. The van der Waals surface area contributed by atoms with Crippen LogP contribution >= 0.6 is 15.9 Å². The van der Waals surface area contributed by atoms with Crippen LogP contribution in [0.4, 0.5) is 17.1 Å². The molecule has 0 unspecified atom stereocenters. The Balaban J connectivity index is 1.23. The van der Waals surface area contributed by atoms with Crippen molar-refractivity contribution in [3.05, 3.63) is 160 Å². The molecule has 0 aromatic heterocycles. The molecule has 1 nitrogen and oxygen atoms in total. The summed E-state index contributed by atoms with van der Waals surface area (Å²) in [6, 6.07) is 49.5. The molecule has 8 rings (SSSR count). The van der Waals surface area contributed by atoms with Crippen LogP contribution in [-0.4, -0.2) is 0 Å². The fourth-order valence-electron chi connectivity index (χ4n) is 8.79. The Morgan fingerprint density at radius 2 is 0.900 bits per heavy atom. The lowest BCUT2D eigenvalue weighted by molar-refractivity contribution is 0.125. The van der Waals surface area contributed by atoms with E-state index in [9.17, 15) is 0 Å². The fraction of sp³-hybridized carbons (Fsp3) is 0.250. The number of halogens is 1. The van der Waals surface area contributed by atoms with Gasteiger partial charge in [0.15, 0.2) is 0 Å². The van der Waals surface area contributed by atoms with E-state index < -0.39 is 0 Å². The molecule has 6 aromatic rings. The van der Waals surface area contributed by atoms with Crippen molar-refractivity contribution in [3.63, 3.8) is 0 Å². The molecule has 0 bridgehead atoms. The van der Waals surface area contributed by atoms with Crippen molar-refractivity contribution < 1.29 is 0 Å². The predicted octanol–water partition coefficient (Wildman–Crippen LogP) is 14.2. The molecule has 6 aromatic carbocycles. The smallest absolute Gasteiger partial charge is 0.0465 e. The second-order valence-electron chi connectivity index (χ2n) is 16.4. The van der Waals surface area contributed by atoms with Crippen molar-refractivity contribution in [3.8, 4) is 33.4 Å². The zero-order valence-electron chi connectivity index (χ0n) is 30.5. The molecule has 0 fully saturated rings. The van der Waals surface area contributed by atoms with Crippen LogP contribution < -0.4 is 4.90 Å². The summed E-state index contributed by atoms with van der Waals surface area (Å²) in [4.78, 5) is 2.41. The zero-order valence-corrected chi connectivity index (χ0v) is 32.1. The monoisotopic (exact) mass is 715 g/mol. The summed E-state index contributed by atoms with van der Waals surface area (Å²) in [7, 11) is 0. The number of hydrogen-bond donors (Lipinski definition) is 0. The average molecular weight is 717 g/mol. The first-order chi connectivity index (χ1) is 23.7. The van der Waals surface area contributed by atoms with Crippen molar-refractivity contribution >= 4 is 33.0 Å². The minimum atomic E-state index is -0.0780. The number of benzene rings is 6. The Morgan fingerprint density at radius 1 is 0.400 bits per heavy atom. The largest absolute Gasteiger partial charge is 0.310 e. The molecule has 0 atom stereocenters. The first-order valence-corrected chi connectivity index (χ1v) is 18.7. The van der Waals surface area contributed by atoms with Crippen LogP contribution in [0.15, 0.2) is 138 Å². The average Bonchev–Trinajstić information content (AvgIpc) is 3.39. The molecule has 250 valence electrons. The molecule has 2 aliphatic carbocycles. The van der Waals surface area contributed by atoms with Crippen molar-refractivity contribution in [1.82, 2.24) is 0 Å². The van der Waals surface area contributed by atoms with Gasteiger partial charge in [-0.1, -0.05) is 156 Å². The Hall–Kier alpha value is -4.40. The SMILES string of the molecule is CC1(C)c2ccccc2-c2ccc(N(c3ccc(-c4ccccc4)cc3)c3ccc(-c4cc5c(cc4Br)C(C)(C)C(C)(C)C5(C)C)cc3)cc21. The van der Waals surface area contributed by atoms with E-state index in [1.807, 2.05) is 0 Å². The van der Waals surface area contributed by atoms with Gasteiger partial charge in [0.1, 0.15) is 0 Å². The van der Waals surface area contributed by atoms with Gasteiger partial charge in [0.05, 0.1) is 0 Å².